The van der Waals surface area contributed by atoms with Crippen LogP contribution in [0.15, 0.2) is 65.0 Å². The van der Waals surface area contributed by atoms with Crippen molar-refractivity contribution in [2.75, 3.05) is 17.8 Å². The number of carboxylic acid groups (broad SMARTS) is 1. The number of aromatic nitrogens is 1. The summed E-state index contributed by atoms with van der Waals surface area (Å²) in [6, 6.07) is 15.1. The SMILES string of the molecule is N[C@H](C(=O)N1CCC(c2ccc(S(=O)(=O)Nc3scnc3C(=O)O)cc2)CC1)c1ccccc1. The van der Waals surface area contributed by atoms with Crippen LogP contribution in [0.2, 0.25) is 0 Å². The molecule has 1 saturated heterocycles. The Morgan fingerprint density at radius 3 is 2.35 bits per heavy atom. The van der Waals surface area contributed by atoms with Crippen molar-refractivity contribution in [2.45, 2.75) is 29.7 Å². The Morgan fingerprint density at radius 1 is 1.09 bits per heavy atom. The number of piperidine rings is 1. The van der Waals surface area contributed by atoms with E-state index in [1.54, 1.807) is 17.0 Å². The number of nitrogens with one attached hydrogen (secondary N) is 1. The fraction of sp³-hybridized carbons (Fsp3) is 0.261. The first-order valence-electron chi connectivity index (χ1n) is 10.6. The van der Waals surface area contributed by atoms with Gasteiger partial charge in [0.1, 0.15) is 11.0 Å². The lowest BCUT2D eigenvalue weighted by Gasteiger charge is -2.34. The number of carboxylic acids is 1. The highest BCUT2D eigenvalue weighted by Crippen LogP contribution is 2.30. The van der Waals surface area contributed by atoms with E-state index >= 15 is 0 Å². The second kappa shape index (κ2) is 9.92. The predicted molar refractivity (Wildman–Crippen MR) is 128 cm³/mol. The Morgan fingerprint density at radius 2 is 1.74 bits per heavy atom. The molecule has 4 rings (SSSR count). The number of benzene rings is 2. The molecule has 0 unspecified atom stereocenters. The molecule has 34 heavy (non-hydrogen) atoms. The minimum absolute atomic E-state index is 0.0300. The van der Waals surface area contributed by atoms with E-state index < -0.39 is 22.0 Å². The summed E-state index contributed by atoms with van der Waals surface area (Å²) in [7, 11) is -3.95. The van der Waals surface area contributed by atoms with E-state index in [-0.39, 0.29) is 27.4 Å². The van der Waals surface area contributed by atoms with Crippen LogP contribution in [0.25, 0.3) is 0 Å². The van der Waals surface area contributed by atoms with Crippen molar-refractivity contribution in [2.24, 2.45) is 5.73 Å². The van der Waals surface area contributed by atoms with Crippen molar-refractivity contribution in [3.8, 4) is 0 Å². The highest BCUT2D eigenvalue weighted by molar-refractivity contribution is 7.93. The molecule has 2 heterocycles. The lowest BCUT2D eigenvalue weighted by molar-refractivity contribution is -0.133. The summed E-state index contributed by atoms with van der Waals surface area (Å²) in [6.45, 7) is 1.16. The lowest BCUT2D eigenvalue weighted by atomic mass is 9.89. The maximum absolute atomic E-state index is 12.8. The third kappa shape index (κ3) is 5.11. The van der Waals surface area contributed by atoms with Gasteiger partial charge in [-0.25, -0.2) is 18.2 Å². The van der Waals surface area contributed by atoms with Crippen molar-refractivity contribution < 1.29 is 23.1 Å². The van der Waals surface area contributed by atoms with Crippen molar-refractivity contribution in [1.29, 1.82) is 0 Å². The number of sulfonamides is 1. The van der Waals surface area contributed by atoms with Gasteiger partial charge >= 0.3 is 5.97 Å². The maximum atomic E-state index is 12.8. The van der Waals surface area contributed by atoms with Crippen LogP contribution in [-0.4, -0.2) is 48.4 Å². The average Bonchev–Trinajstić information content (AvgIpc) is 3.31. The number of hydrogen-bond acceptors (Lipinski definition) is 7. The second-order valence-electron chi connectivity index (χ2n) is 8.00. The van der Waals surface area contributed by atoms with Crippen LogP contribution in [0.3, 0.4) is 0 Å². The fourth-order valence-corrected chi connectivity index (χ4v) is 5.99. The molecule has 1 aromatic heterocycles. The summed E-state index contributed by atoms with van der Waals surface area (Å²) in [4.78, 5) is 29.4. The standard InChI is InChI=1S/C23H24N4O5S2/c24-19(17-4-2-1-3-5-17)22(28)27-12-10-16(11-13-27)15-6-8-18(9-7-15)34(31,32)26-21-20(23(29)30)25-14-33-21/h1-9,14,16,19,26H,10-13,24H2,(H,29,30)/t19-/m0/s1. The van der Waals surface area contributed by atoms with Gasteiger partial charge in [0, 0.05) is 13.1 Å². The molecule has 2 aromatic carbocycles. The van der Waals surface area contributed by atoms with E-state index in [1.807, 2.05) is 30.3 Å². The van der Waals surface area contributed by atoms with Crippen LogP contribution < -0.4 is 10.5 Å². The lowest BCUT2D eigenvalue weighted by Crippen LogP contribution is -2.42. The number of carbonyl (C=O) groups is 2. The van der Waals surface area contributed by atoms with Crippen molar-refractivity contribution in [3.63, 3.8) is 0 Å². The number of nitrogens with two attached hydrogens (primary N) is 1. The van der Waals surface area contributed by atoms with E-state index in [2.05, 4.69) is 9.71 Å². The number of aromatic carboxylic acids is 1. The van der Waals surface area contributed by atoms with E-state index in [1.165, 1.54) is 17.6 Å². The molecule has 1 aliphatic heterocycles. The number of thiazole rings is 1. The smallest absolute Gasteiger partial charge is 0.357 e. The molecule has 1 fully saturated rings. The molecule has 3 aromatic rings. The molecule has 0 aliphatic carbocycles. The van der Waals surface area contributed by atoms with Crippen molar-refractivity contribution in [3.05, 3.63) is 76.9 Å². The Labute approximate surface area is 201 Å². The van der Waals surface area contributed by atoms with Gasteiger partial charge in [-0.05, 0) is 42.0 Å². The van der Waals surface area contributed by atoms with Gasteiger partial charge in [-0.15, -0.1) is 11.3 Å². The quantitative estimate of drug-likeness (QED) is 0.452. The van der Waals surface area contributed by atoms with E-state index in [9.17, 15) is 18.0 Å². The Hall–Kier alpha value is -3.28. The van der Waals surface area contributed by atoms with Crippen LogP contribution in [0.1, 0.15) is 46.4 Å². The minimum atomic E-state index is -3.95. The first-order valence-corrected chi connectivity index (χ1v) is 13.0. The molecule has 1 amide bonds. The normalized spacial score (nSPS) is 15.6. The predicted octanol–water partition coefficient (Wildman–Crippen LogP) is 3.05. The number of hydrogen-bond donors (Lipinski definition) is 3. The topological polar surface area (TPSA) is 143 Å². The Balaban J connectivity index is 1.38. The summed E-state index contributed by atoms with van der Waals surface area (Å²) in [5.74, 6) is -1.20. The van der Waals surface area contributed by atoms with Gasteiger partial charge in [0.2, 0.25) is 5.91 Å². The first kappa shape index (κ1) is 23.9. The molecule has 4 N–H and O–H groups in total. The molecule has 1 atom stereocenters. The zero-order valence-corrected chi connectivity index (χ0v) is 19.8. The number of rotatable bonds is 7. The third-order valence-corrected chi connectivity index (χ3v) is 8.13. The fourth-order valence-electron chi connectivity index (χ4n) is 4.00. The number of anilines is 1. The van der Waals surface area contributed by atoms with E-state index in [4.69, 9.17) is 10.8 Å². The van der Waals surface area contributed by atoms with Crippen molar-refractivity contribution in [1.82, 2.24) is 9.88 Å². The monoisotopic (exact) mass is 500 g/mol. The maximum Gasteiger partial charge on any atom is 0.357 e. The summed E-state index contributed by atoms with van der Waals surface area (Å²) >= 11 is 0.905. The third-order valence-electron chi connectivity index (χ3n) is 5.89. The molecule has 0 spiro atoms. The van der Waals surface area contributed by atoms with Gasteiger partial charge in [-0.1, -0.05) is 42.5 Å². The summed E-state index contributed by atoms with van der Waals surface area (Å²) in [5.41, 5.74) is 8.87. The molecule has 9 nitrogen and oxygen atoms in total. The average molecular weight is 501 g/mol. The molecule has 0 radical (unpaired) electrons. The van der Waals surface area contributed by atoms with Gasteiger partial charge in [-0.2, -0.15) is 0 Å². The number of likely N-dealkylation sites (tertiary alicyclic amines) is 1. The van der Waals surface area contributed by atoms with Gasteiger partial charge in [0.15, 0.2) is 5.69 Å². The molecular weight excluding hydrogens is 476 g/mol. The van der Waals surface area contributed by atoms with E-state index in [0.29, 0.717) is 13.1 Å². The molecule has 178 valence electrons. The Kier molecular flexibility index (Phi) is 6.96. The minimum Gasteiger partial charge on any atom is -0.476 e. The highest BCUT2D eigenvalue weighted by atomic mass is 32.2. The summed E-state index contributed by atoms with van der Waals surface area (Å²) in [6.07, 6.45) is 1.50. The van der Waals surface area contributed by atoms with Crippen LogP contribution in [-0.2, 0) is 14.8 Å². The van der Waals surface area contributed by atoms with Crippen LogP contribution in [0.4, 0.5) is 5.00 Å². The van der Waals surface area contributed by atoms with E-state index in [0.717, 1.165) is 35.3 Å². The van der Waals surface area contributed by atoms with Gasteiger partial charge in [-0.3, -0.25) is 9.52 Å². The van der Waals surface area contributed by atoms with Gasteiger partial charge in [0.25, 0.3) is 10.0 Å². The van der Waals surface area contributed by atoms with Crippen LogP contribution >= 0.6 is 11.3 Å². The number of carbonyl (C=O) groups excluding carboxylic acids is 1. The zero-order chi connectivity index (χ0) is 24.3. The van der Waals surface area contributed by atoms with Crippen LogP contribution in [0, 0.1) is 0 Å². The highest BCUT2D eigenvalue weighted by Gasteiger charge is 2.28. The van der Waals surface area contributed by atoms with Gasteiger partial charge in [0.05, 0.1) is 10.4 Å². The molecule has 0 bridgehead atoms. The first-order chi connectivity index (χ1) is 16.3. The number of nitrogens with zero attached hydrogens (tertiary/aromatic N) is 2. The second-order valence-corrected chi connectivity index (χ2v) is 10.5. The van der Waals surface area contributed by atoms with Gasteiger partial charge < -0.3 is 15.7 Å². The molecule has 11 heteroatoms. The van der Waals surface area contributed by atoms with Crippen LogP contribution in [0.5, 0.6) is 0 Å². The largest absolute Gasteiger partial charge is 0.476 e. The molecule has 1 aliphatic rings. The summed E-state index contributed by atoms with van der Waals surface area (Å²) < 4.78 is 27.7. The number of amides is 1. The Bertz CT molecular complexity index is 1270. The van der Waals surface area contributed by atoms with Crippen molar-refractivity contribution >= 4 is 38.2 Å². The zero-order valence-electron chi connectivity index (χ0n) is 18.1. The summed E-state index contributed by atoms with van der Waals surface area (Å²) in [5, 5.41) is 9.08. The molecule has 0 saturated carbocycles. The molecular formula is C23H24N4O5S2.